The molecule has 4 rings (SSSR count). The van der Waals surface area contributed by atoms with Gasteiger partial charge in [0.05, 0.1) is 33.3 Å². The zero-order valence-corrected chi connectivity index (χ0v) is 19.3. The first-order valence-corrected chi connectivity index (χ1v) is 11.7. The van der Waals surface area contributed by atoms with Gasteiger partial charge in [0.1, 0.15) is 5.75 Å². The number of rotatable bonds is 8. The normalized spacial score (nSPS) is 16.8. The molecule has 2 aliphatic heterocycles. The third-order valence-corrected chi connectivity index (χ3v) is 6.80. The molecule has 7 nitrogen and oxygen atoms in total. The second-order valence-corrected chi connectivity index (χ2v) is 8.82. The van der Waals surface area contributed by atoms with Crippen LogP contribution < -0.4 is 14.6 Å². The summed E-state index contributed by atoms with van der Waals surface area (Å²) in [6.07, 6.45) is 2.88. The fourth-order valence-corrected chi connectivity index (χ4v) is 4.60. The van der Waals surface area contributed by atoms with Crippen molar-refractivity contribution < 1.29 is 9.53 Å². The summed E-state index contributed by atoms with van der Waals surface area (Å²) in [6, 6.07) is 11.3. The van der Waals surface area contributed by atoms with Gasteiger partial charge in [-0.05, 0) is 49.6 Å². The molecule has 2 aromatic carbocycles. The Labute approximate surface area is 197 Å². The van der Waals surface area contributed by atoms with Crippen molar-refractivity contribution in [2.75, 3.05) is 49.2 Å². The average Bonchev–Trinajstić information content (AvgIpc) is 2.81. The topological polar surface area (TPSA) is 65.5 Å². The van der Waals surface area contributed by atoms with Crippen molar-refractivity contribution in [2.45, 2.75) is 25.7 Å². The van der Waals surface area contributed by atoms with Crippen molar-refractivity contribution in [3.05, 3.63) is 56.9 Å². The fourth-order valence-electron chi connectivity index (χ4n) is 4.19. The van der Waals surface area contributed by atoms with E-state index in [0.717, 1.165) is 61.8 Å². The van der Waals surface area contributed by atoms with E-state index >= 15 is 0 Å². The van der Waals surface area contributed by atoms with Crippen LogP contribution in [0.5, 0.6) is 5.75 Å². The lowest BCUT2D eigenvalue weighted by Gasteiger charge is -2.36. The molecule has 2 aromatic rings. The highest BCUT2D eigenvalue weighted by Crippen LogP contribution is 2.33. The summed E-state index contributed by atoms with van der Waals surface area (Å²) >= 11 is 12.5. The Kier molecular flexibility index (Phi) is 7.50. The Bertz CT molecular complexity index is 980. The van der Waals surface area contributed by atoms with Gasteiger partial charge in [0.2, 0.25) is 5.91 Å². The standard InChI is InChI=1S/C23H26Cl2N4O3/c24-19-4-3-5-20(23(19)25)28-13-11-27(12-14-28)10-1-2-15-32-18-8-6-17-7-9-22(30)29(26-31)21(17)16-18/h3-6,8,16H,1-2,7,9-15H2. The molecular weight excluding hydrogens is 451 g/mol. The Morgan fingerprint density at radius 2 is 1.78 bits per heavy atom. The van der Waals surface area contributed by atoms with Gasteiger partial charge in [0.25, 0.3) is 0 Å². The van der Waals surface area contributed by atoms with E-state index in [2.05, 4.69) is 15.1 Å². The van der Waals surface area contributed by atoms with Crippen LogP contribution in [0.2, 0.25) is 10.0 Å². The molecule has 0 N–H and O–H groups in total. The summed E-state index contributed by atoms with van der Waals surface area (Å²) in [5.74, 6) is 0.376. The number of ether oxygens (including phenoxy) is 1. The van der Waals surface area contributed by atoms with Crippen LogP contribution in [0, 0.1) is 4.91 Å². The molecule has 0 radical (unpaired) electrons. The molecule has 1 fully saturated rings. The van der Waals surface area contributed by atoms with E-state index in [9.17, 15) is 9.70 Å². The summed E-state index contributed by atoms with van der Waals surface area (Å²) in [5, 5.41) is 5.01. The van der Waals surface area contributed by atoms with Gasteiger partial charge in [0.15, 0.2) is 0 Å². The molecule has 0 spiro atoms. The van der Waals surface area contributed by atoms with Gasteiger partial charge in [-0.25, -0.2) is 0 Å². The molecule has 2 aliphatic rings. The van der Waals surface area contributed by atoms with Crippen LogP contribution in [-0.4, -0.2) is 50.1 Å². The van der Waals surface area contributed by atoms with Crippen LogP contribution in [0.15, 0.2) is 41.7 Å². The molecule has 0 aliphatic carbocycles. The third-order valence-electron chi connectivity index (χ3n) is 5.99. The number of carbonyl (C=O) groups excluding carboxylic acids is 1. The minimum absolute atomic E-state index is 0.276. The molecule has 0 aromatic heterocycles. The number of nitroso groups, excluding NO2 is 1. The Balaban J connectivity index is 1.19. The van der Waals surface area contributed by atoms with Gasteiger partial charge in [-0.2, -0.15) is 5.01 Å². The zero-order valence-electron chi connectivity index (χ0n) is 17.8. The molecule has 0 atom stereocenters. The number of anilines is 2. The van der Waals surface area contributed by atoms with Crippen molar-refractivity contribution in [3.63, 3.8) is 0 Å². The predicted molar refractivity (Wildman–Crippen MR) is 128 cm³/mol. The van der Waals surface area contributed by atoms with Gasteiger partial charge in [-0.15, -0.1) is 4.91 Å². The maximum Gasteiger partial charge on any atom is 0.250 e. The molecule has 170 valence electrons. The van der Waals surface area contributed by atoms with Crippen LogP contribution in [0.3, 0.4) is 0 Å². The molecule has 0 bridgehead atoms. The first kappa shape index (κ1) is 22.8. The maximum atomic E-state index is 11.9. The highest BCUT2D eigenvalue weighted by atomic mass is 35.5. The smallest absolute Gasteiger partial charge is 0.250 e. The van der Waals surface area contributed by atoms with E-state index in [4.69, 9.17) is 27.9 Å². The van der Waals surface area contributed by atoms with E-state index < -0.39 is 0 Å². The lowest BCUT2D eigenvalue weighted by molar-refractivity contribution is -0.118. The zero-order chi connectivity index (χ0) is 22.5. The van der Waals surface area contributed by atoms with Crippen LogP contribution in [0.25, 0.3) is 0 Å². The molecule has 1 amide bonds. The molecule has 9 heteroatoms. The lowest BCUT2D eigenvalue weighted by Crippen LogP contribution is -2.46. The average molecular weight is 477 g/mol. The first-order chi connectivity index (χ1) is 15.6. The van der Waals surface area contributed by atoms with Crippen molar-refractivity contribution in [3.8, 4) is 5.75 Å². The number of hydrogen-bond donors (Lipinski definition) is 0. The first-order valence-electron chi connectivity index (χ1n) is 10.9. The molecular formula is C23H26Cl2N4O3. The SMILES string of the molecule is O=NN1C(=O)CCc2ccc(OCCCCN3CCN(c4cccc(Cl)c4Cl)CC3)cc21. The maximum absolute atomic E-state index is 11.9. The van der Waals surface area contributed by atoms with Crippen molar-refractivity contribution in [1.29, 1.82) is 0 Å². The van der Waals surface area contributed by atoms with Gasteiger partial charge in [0, 0.05) is 38.7 Å². The van der Waals surface area contributed by atoms with Crippen molar-refractivity contribution >= 4 is 40.5 Å². The van der Waals surface area contributed by atoms with E-state index in [1.165, 1.54) is 0 Å². The van der Waals surface area contributed by atoms with E-state index in [1.54, 1.807) is 6.07 Å². The summed E-state index contributed by atoms with van der Waals surface area (Å²) in [6.45, 7) is 5.41. The second-order valence-electron chi connectivity index (χ2n) is 8.03. The monoisotopic (exact) mass is 476 g/mol. The number of nitrogens with zero attached hydrogens (tertiary/aromatic N) is 4. The highest BCUT2D eigenvalue weighted by Gasteiger charge is 2.25. The van der Waals surface area contributed by atoms with E-state index in [0.29, 0.717) is 40.9 Å². The summed E-state index contributed by atoms with van der Waals surface area (Å²) < 4.78 is 5.85. The summed E-state index contributed by atoms with van der Waals surface area (Å²) in [5.41, 5.74) is 2.48. The Hall–Kier alpha value is -2.35. The largest absolute Gasteiger partial charge is 0.494 e. The minimum Gasteiger partial charge on any atom is -0.494 e. The second kappa shape index (κ2) is 10.5. The van der Waals surface area contributed by atoms with Gasteiger partial charge in [-0.1, -0.05) is 35.3 Å². The number of fused-ring (bicyclic) bond motifs is 1. The number of carbonyl (C=O) groups is 1. The molecule has 2 heterocycles. The van der Waals surface area contributed by atoms with Crippen LogP contribution >= 0.6 is 23.2 Å². The van der Waals surface area contributed by atoms with Gasteiger partial charge in [-0.3, -0.25) is 9.69 Å². The number of hydrogen-bond acceptors (Lipinski definition) is 6. The lowest BCUT2D eigenvalue weighted by atomic mass is 10.0. The number of benzene rings is 2. The Morgan fingerprint density at radius 3 is 2.56 bits per heavy atom. The van der Waals surface area contributed by atoms with Crippen molar-refractivity contribution in [2.24, 2.45) is 5.29 Å². The number of halogens is 2. The predicted octanol–water partition coefficient (Wildman–Crippen LogP) is 4.94. The Morgan fingerprint density at radius 1 is 0.969 bits per heavy atom. The third kappa shape index (κ3) is 5.17. The van der Waals surface area contributed by atoms with Gasteiger partial charge >= 0.3 is 0 Å². The van der Waals surface area contributed by atoms with Crippen molar-refractivity contribution in [1.82, 2.24) is 4.90 Å². The number of unbranched alkanes of at least 4 members (excludes halogenated alkanes) is 1. The minimum atomic E-state index is -0.276. The molecule has 0 unspecified atom stereocenters. The fraction of sp³-hybridized carbons (Fsp3) is 0.435. The molecule has 1 saturated heterocycles. The number of piperazine rings is 1. The van der Waals surface area contributed by atoms with Crippen LogP contribution in [0.4, 0.5) is 11.4 Å². The quantitative estimate of drug-likeness (QED) is 0.398. The highest BCUT2D eigenvalue weighted by molar-refractivity contribution is 6.43. The van der Waals surface area contributed by atoms with Gasteiger partial charge < -0.3 is 9.64 Å². The molecule has 0 saturated carbocycles. The van der Waals surface area contributed by atoms with E-state index in [1.807, 2.05) is 30.3 Å². The number of amides is 1. The summed E-state index contributed by atoms with van der Waals surface area (Å²) in [4.78, 5) is 27.6. The van der Waals surface area contributed by atoms with Crippen LogP contribution in [0.1, 0.15) is 24.8 Å². The number of aryl methyl sites for hydroxylation is 1. The molecule has 32 heavy (non-hydrogen) atoms. The van der Waals surface area contributed by atoms with Crippen LogP contribution in [-0.2, 0) is 11.2 Å². The summed E-state index contributed by atoms with van der Waals surface area (Å²) in [7, 11) is 0. The van der Waals surface area contributed by atoms with E-state index in [-0.39, 0.29) is 5.91 Å².